The third kappa shape index (κ3) is 3.58. The van der Waals surface area contributed by atoms with Crippen LogP contribution in [0.3, 0.4) is 0 Å². The van der Waals surface area contributed by atoms with E-state index in [1.54, 1.807) is 6.07 Å². The predicted octanol–water partition coefficient (Wildman–Crippen LogP) is 2.92. The number of thioether (sulfide) groups is 1. The van der Waals surface area contributed by atoms with Crippen molar-refractivity contribution in [2.75, 3.05) is 25.5 Å². The molecule has 3 rings (SSSR count). The first kappa shape index (κ1) is 14.9. The van der Waals surface area contributed by atoms with Crippen molar-refractivity contribution in [1.29, 1.82) is 0 Å². The van der Waals surface area contributed by atoms with Gasteiger partial charge in [-0.05, 0) is 49.4 Å². The molecule has 2 aliphatic heterocycles. The summed E-state index contributed by atoms with van der Waals surface area (Å²) in [5, 5.41) is 4.64. The minimum atomic E-state index is -0.169. The number of aryl methyl sites for hydroxylation is 1. The lowest BCUT2D eigenvalue weighted by Crippen LogP contribution is -2.48. The normalized spacial score (nSPS) is 22.7. The Labute approximate surface area is 129 Å². The molecule has 21 heavy (non-hydrogen) atoms. The molecule has 1 aromatic rings. The molecular weight excluding hydrogens is 287 g/mol. The van der Waals surface area contributed by atoms with Crippen molar-refractivity contribution in [3.63, 3.8) is 0 Å². The van der Waals surface area contributed by atoms with Crippen LogP contribution in [0.5, 0.6) is 0 Å². The van der Waals surface area contributed by atoms with Gasteiger partial charge in [-0.25, -0.2) is 4.39 Å². The van der Waals surface area contributed by atoms with Gasteiger partial charge in [0, 0.05) is 25.5 Å². The summed E-state index contributed by atoms with van der Waals surface area (Å²) in [6.07, 6.45) is 2.99. The van der Waals surface area contributed by atoms with Gasteiger partial charge in [0.05, 0.1) is 5.54 Å². The van der Waals surface area contributed by atoms with Crippen molar-refractivity contribution in [1.82, 2.24) is 5.32 Å². The van der Waals surface area contributed by atoms with Crippen molar-refractivity contribution in [3.8, 4) is 0 Å². The lowest BCUT2D eigenvalue weighted by atomic mass is 9.93. The van der Waals surface area contributed by atoms with Crippen molar-refractivity contribution in [2.45, 2.75) is 31.7 Å². The molecule has 3 nitrogen and oxygen atoms in total. The maximum atomic E-state index is 13.1. The summed E-state index contributed by atoms with van der Waals surface area (Å²) in [5.41, 5.74) is 2.38. The number of hydrogen-bond acceptors (Lipinski definition) is 3. The molecule has 1 N–H and O–H groups in total. The second-order valence-electron chi connectivity index (χ2n) is 5.81. The number of benzene rings is 1. The highest BCUT2D eigenvalue weighted by molar-refractivity contribution is 8.14. The number of hydrogen-bond donors (Lipinski definition) is 1. The van der Waals surface area contributed by atoms with Gasteiger partial charge in [-0.2, -0.15) is 0 Å². The summed E-state index contributed by atoms with van der Waals surface area (Å²) >= 11 is 1.81. The van der Waals surface area contributed by atoms with Gasteiger partial charge in [-0.15, -0.1) is 0 Å². The molecule has 0 aromatic heterocycles. The molecule has 2 heterocycles. The number of ether oxygens (including phenoxy) is 1. The predicted molar refractivity (Wildman–Crippen MR) is 85.5 cm³/mol. The van der Waals surface area contributed by atoms with E-state index in [0.717, 1.165) is 55.5 Å². The Balaban J connectivity index is 1.55. The molecule has 0 aliphatic carbocycles. The topological polar surface area (TPSA) is 33.6 Å². The zero-order valence-electron chi connectivity index (χ0n) is 12.3. The molecule has 2 fully saturated rings. The van der Waals surface area contributed by atoms with E-state index in [4.69, 9.17) is 4.74 Å². The third-order valence-electron chi connectivity index (χ3n) is 4.25. The second-order valence-corrected chi connectivity index (χ2v) is 6.78. The van der Waals surface area contributed by atoms with Gasteiger partial charge in [0.1, 0.15) is 5.82 Å². The molecule has 1 spiro atoms. The fourth-order valence-electron chi connectivity index (χ4n) is 2.84. The van der Waals surface area contributed by atoms with Crippen molar-refractivity contribution in [2.24, 2.45) is 4.99 Å². The lowest BCUT2D eigenvalue weighted by Gasteiger charge is -2.32. The van der Waals surface area contributed by atoms with Crippen LogP contribution in [0.15, 0.2) is 23.2 Å². The second kappa shape index (κ2) is 6.36. The molecule has 0 amide bonds. The summed E-state index contributed by atoms with van der Waals surface area (Å²) in [7, 11) is 0. The zero-order valence-corrected chi connectivity index (χ0v) is 13.1. The lowest BCUT2D eigenvalue weighted by molar-refractivity contribution is 0.0555. The monoisotopic (exact) mass is 308 g/mol. The van der Waals surface area contributed by atoms with Crippen LogP contribution < -0.4 is 5.32 Å². The fraction of sp³-hybridized carbons (Fsp3) is 0.562. The van der Waals surface area contributed by atoms with Crippen LogP contribution in [0.25, 0.3) is 0 Å². The third-order valence-corrected chi connectivity index (χ3v) is 5.45. The smallest absolute Gasteiger partial charge is 0.157 e. The summed E-state index contributed by atoms with van der Waals surface area (Å²) in [4.78, 5) is 4.67. The largest absolute Gasteiger partial charge is 0.381 e. The molecular formula is C16H21FN2OS. The number of amidine groups is 1. The van der Waals surface area contributed by atoms with Gasteiger partial charge < -0.3 is 10.1 Å². The Kier molecular flexibility index (Phi) is 4.50. The van der Waals surface area contributed by atoms with Gasteiger partial charge in [0.25, 0.3) is 0 Å². The highest BCUT2D eigenvalue weighted by Gasteiger charge is 2.38. The maximum absolute atomic E-state index is 13.1. The van der Waals surface area contributed by atoms with Crippen molar-refractivity contribution in [3.05, 3.63) is 35.1 Å². The molecule has 2 saturated heterocycles. The van der Waals surface area contributed by atoms with Gasteiger partial charge in [0.2, 0.25) is 0 Å². The van der Waals surface area contributed by atoms with Gasteiger partial charge in [-0.1, -0.05) is 17.8 Å². The summed E-state index contributed by atoms with van der Waals surface area (Å²) in [5.74, 6) is 0.919. The van der Waals surface area contributed by atoms with Crippen LogP contribution in [0.1, 0.15) is 24.0 Å². The SMILES string of the molecule is Cc1cc(F)ccc1CCN=C1NC2(CCOCC2)CS1. The Morgan fingerprint density at radius 3 is 2.95 bits per heavy atom. The van der Waals surface area contributed by atoms with E-state index < -0.39 is 0 Å². The quantitative estimate of drug-likeness (QED) is 0.932. The number of nitrogens with one attached hydrogen (secondary N) is 1. The summed E-state index contributed by atoms with van der Waals surface area (Å²) < 4.78 is 18.5. The van der Waals surface area contributed by atoms with Crippen LogP contribution in [-0.4, -0.2) is 36.2 Å². The van der Waals surface area contributed by atoms with Gasteiger partial charge >= 0.3 is 0 Å². The first-order valence-electron chi connectivity index (χ1n) is 7.45. The fourth-order valence-corrected chi connectivity index (χ4v) is 4.08. The van der Waals surface area contributed by atoms with E-state index in [0.29, 0.717) is 0 Å². The minimum absolute atomic E-state index is 0.169. The van der Waals surface area contributed by atoms with E-state index in [1.807, 2.05) is 24.8 Å². The number of halogens is 1. The van der Waals surface area contributed by atoms with Crippen molar-refractivity contribution >= 4 is 16.9 Å². The Hall–Kier alpha value is -1.07. The maximum Gasteiger partial charge on any atom is 0.157 e. The van der Waals surface area contributed by atoms with Crippen LogP contribution in [-0.2, 0) is 11.2 Å². The van der Waals surface area contributed by atoms with Crippen LogP contribution in [0.4, 0.5) is 4.39 Å². The highest BCUT2D eigenvalue weighted by atomic mass is 32.2. The molecule has 0 atom stereocenters. The highest BCUT2D eigenvalue weighted by Crippen LogP contribution is 2.31. The van der Waals surface area contributed by atoms with Gasteiger partial charge in [0.15, 0.2) is 5.17 Å². The van der Waals surface area contributed by atoms with Crippen LogP contribution in [0.2, 0.25) is 0 Å². The number of nitrogens with zero attached hydrogens (tertiary/aromatic N) is 1. The molecule has 0 bridgehead atoms. The van der Waals surface area contributed by atoms with E-state index in [1.165, 1.54) is 11.6 Å². The molecule has 0 unspecified atom stereocenters. The minimum Gasteiger partial charge on any atom is -0.381 e. The average Bonchev–Trinajstić information content (AvgIpc) is 2.85. The molecule has 5 heteroatoms. The summed E-state index contributed by atoms with van der Waals surface area (Å²) in [6, 6.07) is 4.97. The first-order valence-corrected chi connectivity index (χ1v) is 8.44. The summed E-state index contributed by atoms with van der Waals surface area (Å²) in [6.45, 7) is 4.38. The van der Waals surface area contributed by atoms with E-state index in [2.05, 4.69) is 10.3 Å². The molecule has 1 aromatic carbocycles. The number of aliphatic imine (C=N–C) groups is 1. The Morgan fingerprint density at radius 1 is 1.38 bits per heavy atom. The molecule has 114 valence electrons. The zero-order chi connectivity index (χ0) is 14.7. The van der Waals surface area contributed by atoms with E-state index in [-0.39, 0.29) is 11.4 Å². The van der Waals surface area contributed by atoms with Crippen LogP contribution in [0, 0.1) is 12.7 Å². The molecule has 0 saturated carbocycles. The first-order chi connectivity index (χ1) is 10.2. The standard InChI is InChI=1S/C16H21FN2OS/c1-12-10-14(17)3-2-13(12)4-7-18-15-19-16(11-21-15)5-8-20-9-6-16/h2-3,10H,4-9,11H2,1H3,(H,18,19). The van der Waals surface area contributed by atoms with E-state index >= 15 is 0 Å². The van der Waals surface area contributed by atoms with E-state index in [9.17, 15) is 4.39 Å². The number of rotatable bonds is 3. The molecule has 0 radical (unpaired) electrons. The average molecular weight is 308 g/mol. The molecule has 2 aliphatic rings. The van der Waals surface area contributed by atoms with Crippen molar-refractivity contribution < 1.29 is 9.13 Å². The van der Waals surface area contributed by atoms with Gasteiger partial charge in [-0.3, -0.25) is 4.99 Å². The van der Waals surface area contributed by atoms with Crippen LogP contribution >= 0.6 is 11.8 Å². The Bertz CT molecular complexity index is 541. The Morgan fingerprint density at radius 2 is 2.19 bits per heavy atom.